The van der Waals surface area contributed by atoms with Gasteiger partial charge in [-0.25, -0.2) is 4.98 Å². The van der Waals surface area contributed by atoms with Gasteiger partial charge >= 0.3 is 0 Å². The van der Waals surface area contributed by atoms with Crippen LogP contribution in [0.2, 0.25) is 0 Å². The van der Waals surface area contributed by atoms with E-state index in [1.54, 1.807) is 12.1 Å². The van der Waals surface area contributed by atoms with E-state index in [1.807, 2.05) is 6.07 Å². The highest BCUT2D eigenvalue weighted by molar-refractivity contribution is 5.76. The van der Waals surface area contributed by atoms with Gasteiger partial charge < -0.3 is 10.1 Å². The summed E-state index contributed by atoms with van der Waals surface area (Å²) in [6, 6.07) is 14.1. The van der Waals surface area contributed by atoms with Crippen LogP contribution in [-0.2, 0) is 13.0 Å². The van der Waals surface area contributed by atoms with Gasteiger partial charge in [0.1, 0.15) is 11.6 Å². The fourth-order valence-corrected chi connectivity index (χ4v) is 3.24. The minimum Gasteiger partial charge on any atom is -0.508 e. The second-order valence-corrected chi connectivity index (χ2v) is 5.99. The number of aromatic nitrogens is 2. The summed E-state index contributed by atoms with van der Waals surface area (Å²) < 4.78 is 0. The van der Waals surface area contributed by atoms with E-state index in [1.165, 1.54) is 11.1 Å². The summed E-state index contributed by atoms with van der Waals surface area (Å²) in [4.78, 5) is 10.5. The number of aromatic amines is 1. The van der Waals surface area contributed by atoms with E-state index in [9.17, 15) is 5.11 Å². The van der Waals surface area contributed by atoms with Crippen LogP contribution in [0, 0.1) is 0 Å². The Balaban J connectivity index is 1.62. The molecule has 4 rings (SSSR count). The van der Waals surface area contributed by atoms with Crippen LogP contribution in [-0.4, -0.2) is 26.5 Å². The predicted octanol–water partition coefficient (Wildman–Crippen LogP) is 3.39. The fourth-order valence-electron chi connectivity index (χ4n) is 3.24. The lowest BCUT2D eigenvalue weighted by Gasteiger charge is -2.32. The molecule has 4 heteroatoms. The van der Waals surface area contributed by atoms with Gasteiger partial charge in [0.05, 0.1) is 17.1 Å². The molecule has 3 aromatic rings. The molecular weight excluding hydrogens is 274 g/mol. The third-order valence-corrected chi connectivity index (χ3v) is 4.59. The zero-order valence-electron chi connectivity index (χ0n) is 12.6. The molecule has 1 aromatic heterocycles. The van der Waals surface area contributed by atoms with Crippen molar-refractivity contribution in [3.05, 3.63) is 59.4 Å². The Hall–Kier alpha value is -2.33. The Labute approximate surface area is 129 Å². The van der Waals surface area contributed by atoms with E-state index < -0.39 is 0 Å². The smallest absolute Gasteiger partial charge is 0.124 e. The number of aromatic hydroxyl groups is 1. The number of fused-ring (bicyclic) bond motifs is 2. The molecule has 0 bridgehead atoms. The standard InChI is InChI=1S/C18H19N3O/c1-12(18-19-16-7-6-15(22)10-17(16)20-18)21-9-8-13-4-2-3-5-14(13)11-21/h2-7,10,12,22H,8-9,11H2,1H3,(H,19,20). The lowest BCUT2D eigenvalue weighted by atomic mass is 9.99. The first-order valence-corrected chi connectivity index (χ1v) is 7.70. The molecule has 0 spiro atoms. The van der Waals surface area contributed by atoms with Crippen molar-refractivity contribution in [1.82, 2.24) is 14.9 Å². The fraction of sp³-hybridized carbons (Fsp3) is 0.278. The van der Waals surface area contributed by atoms with Gasteiger partial charge in [-0.15, -0.1) is 0 Å². The number of imidazole rings is 1. The van der Waals surface area contributed by atoms with Gasteiger partial charge in [-0.05, 0) is 36.6 Å². The number of H-pyrrole nitrogens is 1. The molecule has 1 aliphatic rings. The van der Waals surface area contributed by atoms with E-state index in [0.29, 0.717) is 0 Å². The quantitative estimate of drug-likeness (QED) is 0.761. The van der Waals surface area contributed by atoms with Gasteiger partial charge in [0.2, 0.25) is 0 Å². The molecule has 1 unspecified atom stereocenters. The Morgan fingerprint density at radius 2 is 2.00 bits per heavy atom. The van der Waals surface area contributed by atoms with E-state index in [4.69, 9.17) is 0 Å². The molecule has 0 aliphatic carbocycles. The Kier molecular flexibility index (Phi) is 3.12. The predicted molar refractivity (Wildman–Crippen MR) is 86.7 cm³/mol. The molecule has 0 amide bonds. The van der Waals surface area contributed by atoms with Gasteiger partial charge in [-0.2, -0.15) is 0 Å². The number of benzene rings is 2. The van der Waals surface area contributed by atoms with E-state index in [-0.39, 0.29) is 11.8 Å². The van der Waals surface area contributed by atoms with Crippen LogP contribution in [0.5, 0.6) is 5.75 Å². The lowest BCUT2D eigenvalue weighted by molar-refractivity contribution is 0.186. The van der Waals surface area contributed by atoms with Crippen LogP contribution in [0.15, 0.2) is 42.5 Å². The lowest BCUT2D eigenvalue weighted by Crippen LogP contribution is -2.33. The normalized spacial score (nSPS) is 16.6. The van der Waals surface area contributed by atoms with Gasteiger partial charge in [-0.3, -0.25) is 4.90 Å². The van der Waals surface area contributed by atoms with Crippen molar-refractivity contribution in [3.63, 3.8) is 0 Å². The zero-order valence-corrected chi connectivity index (χ0v) is 12.6. The molecule has 2 aromatic carbocycles. The summed E-state index contributed by atoms with van der Waals surface area (Å²) in [6.45, 7) is 4.19. The zero-order chi connectivity index (χ0) is 15.1. The van der Waals surface area contributed by atoms with Crippen LogP contribution in [0.3, 0.4) is 0 Å². The average molecular weight is 293 g/mol. The number of phenolic OH excluding ortho intramolecular Hbond substituents is 1. The number of hydrogen-bond acceptors (Lipinski definition) is 3. The van der Waals surface area contributed by atoms with Gasteiger partial charge in [0, 0.05) is 19.2 Å². The van der Waals surface area contributed by atoms with Gasteiger partial charge in [-0.1, -0.05) is 24.3 Å². The van der Waals surface area contributed by atoms with Gasteiger partial charge in [0.25, 0.3) is 0 Å². The molecule has 0 fully saturated rings. The highest BCUT2D eigenvalue weighted by Crippen LogP contribution is 2.28. The van der Waals surface area contributed by atoms with Crippen molar-refractivity contribution in [2.24, 2.45) is 0 Å². The van der Waals surface area contributed by atoms with Crippen molar-refractivity contribution in [2.75, 3.05) is 6.54 Å². The Bertz CT molecular complexity index is 824. The van der Waals surface area contributed by atoms with Crippen molar-refractivity contribution < 1.29 is 5.11 Å². The molecule has 4 nitrogen and oxygen atoms in total. The van der Waals surface area contributed by atoms with Crippen LogP contribution in [0.4, 0.5) is 0 Å². The summed E-state index contributed by atoms with van der Waals surface area (Å²) in [7, 11) is 0. The van der Waals surface area contributed by atoms with E-state index in [0.717, 1.165) is 36.4 Å². The summed E-state index contributed by atoms with van der Waals surface area (Å²) in [5, 5.41) is 9.58. The number of rotatable bonds is 2. The number of hydrogen-bond donors (Lipinski definition) is 2. The second kappa shape index (κ2) is 5.14. The molecule has 0 radical (unpaired) electrons. The third-order valence-electron chi connectivity index (χ3n) is 4.59. The molecule has 112 valence electrons. The first-order chi connectivity index (χ1) is 10.7. The molecule has 2 N–H and O–H groups in total. The first-order valence-electron chi connectivity index (χ1n) is 7.70. The third kappa shape index (κ3) is 2.25. The maximum Gasteiger partial charge on any atom is 0.124 e. The van der Waals surface area contributed by atoms with E-state index >= 15 is 0 Å². The molecule has 2 heterocycles. The monoisotopic (exact) mass is 293 g/mol. The maximum absolute atomic E-state index is 9.58. The average Bonchev–Trinajstić information content (AvgIpc) is 2.96. The Morgan fingerprint density at radius 1 is 1.18 bits per heavy atom. The van der Waals surface area contributed by atoms with Crippen molar-refractivity contribution >= 4 is 11.0 Å². The second-order valence-electron chi connectivity index (χ2n) is 5.99. The van der Waals surface area contributed by atoms with Crippen molar-refractivity contribution in [2.45, 2.75) is 25.9 Å². The summed E-state index contributed by atoms with van der Waals surface area (Å²) in [6.07, 6.45) is 1.08. The minimum atomic E-state index is 0.225. The van der Waals surface area contributed by atoms with Crippen LogP contribution in [0.1, 0.15) is 29.9 Å². The highest BCUT2D eigenvalue weighted by Gasteiger charge is 2.23. The molecule has 1 atom stereocenters. The number of nitrogens with one attached hydrogen (secondary N) is 1. The van der Waals surface area contributed by atoms with Crippen LogP contribution < -0.4 is 0 Å². The topological polar surface area (TPSA) is 52.2 Å². The molecular formula is C18H19N3O. The number of nitrogens with zero attached hydrogens (tertiary/aromatic N) is 2. The highest BCUT2D eigenvalue weighted by atomic mass is 16.3. The summed E-state index contributed by atoms with van der Waals surface area (Å²) in [5.74, 6) is 1.22. The largest absolute Gasteiger partial charge is 0.508 e. The number of phenols is 1. The molecule has 1 aliphatic heterocycles. The minimum absolute atomic E-state index is 0.225. The molecule has 22 heavy (non-hydrogen) atoms. The molecule has 0 saturated heterocycles. The maximum atomic E-state index is 9.58. The molecule has 0 saturated carbocycles. The van der Waals surface area contributed by atoms with Crippen LogP contribution in [0.25, 0.3) is 11.0 Å². The van der Waals surface area contributed by atoms with Crippen molar-refractivity contribution in [1.29, 1.82) is 0 Å². The SMILES string of the molecule is CC(c1nc2ccc(O)cc2[nH]1)N1CCc2ccccc2C1. The first kappa shape index (κ1) is 13.3. The van der Waals surface area contributed by atoms with Gasteiger partial charge in [0.15, 0.2) is 0 Å². The summed E-state index contributed by atoms with van der Waals surface area (Å²) in [5.41, 5.74) is 4.66. The Morgan fingerprint density at radius 3 is 2.86 bits per heavy atom. The van der Waals surface area contributed by atoms with E-state index in [2.05, 4.69) is 46.1 Å². The summed E-state index contributed by atoms with van der Waals surface area (Å²) >= 11 is 0. The van der Waals surface area contributed by atoms with Crippen molar-refractivity contribution in [3.8, 4) is 5.75 Å². The van der Waals surface area contributed by atoms with Crippen LogP contribution >= 0.6 is 0 Å².